The number of ether oxygens (including phenoxy) is 3. The van der Waals surface area contributed by atoms with Crippen LogP contribution in [-0.2, 0) is 4.74 Å². The van der Waals surface area contributed by atoms with Crippen LogP contribution in [0.4, 0.5) is 5.95 Å². The Kier molecular flexibility index (Phi) is 6.87. The number of anilines is 1. The van der Waals surface area contributed by atoms with Crippen molar-refractivity contribution in [3.63, 3.8) is 0 Å². The maximum absolute atomic E-state index is 9.31. The maximum atomic E-state index is 9.31. The standard InChI is InChI=1S/C18H30N4O4/c1-24-16-12-17(25-2)20-18(19-16)22-6-5-15(14(13-22)4-3-9-23)21-7-10-26-11-8-21/h12,14-15,23H,3-11,13H2,1-2H3/t14-,15+/m1/s1. The number of rotatable bonds is 7. The molecule has 26 heavy (non-hydrogen) atoms. The van der Waals surface area contributed by atoms with E-state index in [2.05, 4.69) is 19.8 Å². The van der Waals surface area contributed by atoms with E-state index in [1.807, 2.05) is 0 Å². The molecule has 2 aliphatic heterocycles. The first-order valence-corrected chi connectivity index (χ1v) is 9.39. The molecule has 0 radical (unpaired) electrons. The number of aromatic nitrogens is 2. The fourth-order valence-electron chi connectivity index (χ4n) is 3.97. The summed E-state index contributed by atoms with van der Waals surface area (Å²) in [4.78, 5) is 13.8. The van der Waals surface area contributed by atoms with Gasteiger partial charge in [0.05, 0.1) is 33.5 Å². The minimum absolute atomic E-state index is 0.232. The number of methoxy groups -OCH3 is 2. The molecule has 1 aromatic heterocycles. The molecule has 1 N–H and O–H groups in total. The van der Waals surface area contributed by atoms with Gasteiger partial charge in [-0.15, -0.1) is 0 Å². The Labute approximate surface area is 155 Å². The third-order valence-electron chi connectivity index (χ3n) is 5.31. The lowest BCUT2D eigenvalue weighted by atomic mass is 9.87. The lowest BCUT2D eigenvalue weighted by molar-refractivity contribution is -0.00422. The molecule has 2 atom stereocenters. The van der Waals surface area contributed by atoms with Crippen LogP contribution >= 0.6 is 0 Å². The summed E-state index contributed by atoms with van der Waals surface area (Å²) >= 11 is 0. The molecule has 0 saturated carbocycles. The normalized spacial score (nSPS) is 24.5. The van der Waals surface area contributed by atoms with Gasteiger partial charge in [0.1, 0.15) is 0 Å². The van der Waals surface area contributed by atoms with Gasteiger partial charge in [0.25, 0.3) is 0 Å². The first-order valence-electron chi connectivity index (χ1n) is 9.39. The third-order valence-corrected chi connectivity index (χ3v) is 5.31. The van der Waals surface area contributed by atoms with Gasteiger partial charge >= 0.3 is 0 Å². The highest BCUT2D eigenvalue weighted by atomic mass is 16.5. The summed E-state index contributed by atoms with van der Waals surface area (Å²) in [6.07, 6.45) is 2.87. The molecule has 0 aliphatic carbocycles. The molecule has 0 unspecified atom stereocenters. The van der Waals surface area contributed by atoms with E-state index in [0.717, 1.165) is 58.7 Å². The van der Waals surface area contributed by atoms with Crippen LogP contribution in [0.25, 0.3) is 0 Å². The average molecular weight is 366 g/mol. The number of aliphatic hydroxyl groups excluding tert-OH is 1. The predicted octanol–water partition coefficient (Wildman–Crippen LogP) is 0.793. The number of hydrogen-bond donors (Lipinski definition) is 1. The molecular formula is C18H30N4O4. The van der Waals surface area contributed by atoms with Crippen molar-refractivity contribution < 1.29 is 19.3 Å². The summed E-state index contributed by atoms with van der Waals surface area (Å²) in [7, 11) is 3.19. The second kappa shape index (κ2) is 9.34. The minimum Gasteiger partial charge on any atom is -0.481 e. The Balaban J connectivity index is 1.74. The molecule has 8 heteroatoms. The Morgan fingerprint density at radius 3 is 2.46 bits per heavy atom. The van der Waals surface area contributed by atoms with Crippen molar-refractivity contribution in [3.05, 3.63) is 6.07 Å². The van der Waals surface area contributed by atoms with Crippen molar-refractivity contribution in [2.24, 2.45) is 5.92 Å². The summed E-state index contributed by atoms with van der Waals surface area (Å²) in [6.45, 7) is 5.60. The van der Waals surface area contributed by atoms with Crippen molar-refractivity contribution in [1.82, 2.24) is 14.9 Å². The van der Waals surface area contributed by atoms with Crippen molar-refractivity contribution in [1.29, 1.82) is 0 Å². The maximum Gasteiger partial charge on any atom is 0.231 e. The molecule has 0 aromatic carbocycles. The molecule has 0 spiro atoms. The Bertz CT molecular complexity index is 546. The molecular weight excluding hydrogens is 336 g/mol. The highest BCUT2D eigenvalue weighted by Gasteiger charge is 2.34. The second-order valence-electron chi connectivity index (χ2n) is 6.83. The van der Waals surface area contributed by atoms with Crippen molar-refractivity contribution >= 4 is 5.95 Å². The van der Waals surface area contributed by atoms with Gasteiger partial charge in [-0.25, -0.2) is 0 Å². The average Bonchev–Trinajstić information content (AvgIpc) is 2.72. The molecule has 146 valence electrons. The van der Waals surface area contributed by atoms with E-state index < -0.39 is 0 Å². The topological polar surface area (TPSA) is 80.2 Å². The van der Waals surface area contributed by atoms with E-state index >= 15 is 0 Å². The SMILES string of the molecule is COc1cc(OC)nc(N2CC[C@H](N3CCOCC3)[C@H](CCCO)C2)n1. The molecule has 2 fully saturated rings. The molecule has 3 heterocycles. The van der Waals surface area contributed by atoms with Crippen LogP contribution < -0.4 is 14.4 Å². The van der Waals surface area contributed by atoms with Gasteiger partial charge in [0, 0.05) is 38.8 Å². The fraction of sp³-hybridized carbons (Fsp3) is 0.778. The van der Waals surface area contributed by atoms with E-state index in [4.69, 9.17) is 14.2 Å². The lowest BCUT2D eigenvalue weighted by Gasteiger charge is -2.45. The Morgan fingerprint density at radius 1 is 1.15 bits per heavy atom. The van der Waals surface area contributed by atoms with E-state index in [0.29, 0.717) is 29.7 Å². The van der Waals surface area contributed by atoms with Crippen LogP contribution in [0.2, 0.25) is 0 Å². The monoisotopic (exact) mass is 366 g/mol. The van der Waals surface area contributed by atoms with Crippen LogP contribution in [0.15, 0.2) is 6.07 Å². The fourth-order valence-corrected chi connectivity index (χ4v) is 3.97. The van der Waals surface area contributed by atoms with E-state index in [1.165, 1.54) is 0 Å². The van der Waals surface area contributed by atoms with Crippen LogP contribution in [0.5, 0.6) is 11.8 Å². The number of piperidine rings is 1. The molecule has 8 nitrogen and oxygen atoms in total. The second-order valence-corrected chi connectivity index (χ2v) is 6.83. The summed E-state index contributed by atoms with van der Waals surface area (Å²) in [5.74, 6) is 2.13. The van der Waals surface area contributed by atoms with E-state index in [-0.39, 0.29) is 6.61 Å². The summed E-state index contributed by atoms with van der Waals surface area (Å²) in [6, 6.07) is 2.21. The number of hydrogen-bond acceptors (Lipinski definition) is 8. The largest absolute Gasteiger partial charge is 0.481 e. The van der Waals surface area contributed by atoms with Crippen molar-refractivity contribution in [3.8, 4) is 11.8 Å². The first kappa shape index (κ1) is 19.1. The first-order chi connectivity index (χ1) is 12.7. The van der Waals surface area contributed by atoms with Gasteiger partial charge in [0.2, 0.25) is 17.7 Å². The van der Waals surface area contributed by atoms with Gasteiger partial charge in [-0.05, 0) is 25.2 Å². The number of aliphatic hydroxyl groups is 1. The van der Waals surface area contributed by atoms with E-state index in [9.17, 15) is 5.11 Å². The van der Waals surface area contributed by atoms with E-state index in [1.54, 1.807) is 20.3 Å². The highest BCUT2D eigenvalue weighted by Crippen LogP contribution is 2.30. The van der Waals surface area contributed by atoms with Crippen LogP contribution in [0, 0.1) is 5.92 Å². The Morgan fingerprint density at radius 2 is 1.85 bits per heavy atom. The molecule has 1 aromatic rings. The molecule has 2 aliphatic rings. The zero-order valence-corrected chi connectivity index (χ0v) is 15.8. The summed E-state index contributed by atoms with van der Waals surface area (Å²) in [5.41, 5.74) is 0. The number of nitrogens with zero attached hydrogens (tertiary/aromatic N) is 4. The van der Waals surface area contributed by atoms with Gasteiger partial charge in [-0.2, -0.15) is 9.97 Å². The summed E-state index contributed by atoms with van der Waals surface area (Å²) in [5, 5.41) is 9.31. The van der Waals surface area contributed by atoms with Gasteiger partial charge in [-0.3, -0.25) is 4.90 Å². The quantitative estimate of drug-likeness (QED) is 0.759. The van der Waals surface area contributed by atoms with Crippen LogP contribution in [0.3, 0.4) is 0 Å². The number of morpholine rings is 1. The zero-order chi connectivity index (χ0) is 18.4. The van der Waals surface area contributed by atoms with Gasteiger partial charge in [-0.1, -0.05) is 0 Å². The van der Waals surface area contributed by atoms with Crippen molar-refractivity contribution in [2.75, 3.05) is 65.1 Å². The highest BCUT2D eigenvalue weighted by molar-refractivity contribution is 5.37. The molecule has 3 rings (SSSR count). The smallest absolute Gasteiger partial charge is 0.231 e. The minimum atomic E-state index is 0.232. The third kappa shape index (κ3) is 4.55. The van der Waals surface area contributed by atoms with Crippen LogP contribution in [-0.4, -0.2) is 86.2 Å². The molecule has 0 bridgehead atoms. The lowest BCUT2D eigenvalue weighted by Crippen LogP contribution is -2.54. The summed E-state index contributed by atoms with van der Waals surface area (Å²) < 4.78 is 16.1. The zero-order valence-electron chi connectivity index (χ0n) is 15.8. The Hall–Kier alpha value is -1.64. The van der Waals surface area contributed by atoms with Crippen molar-refractivity contribution in [2.45, 2.75) is 25.3 Å². The predicted molar refractivity (Wildman–Crippen MR) is 98.0 cm³/mol. The van der Waals surface area contributed by atoms with Gasteiger partial charge in [0.15, 0.2) is 0 Å². The molecule has 0 amide bonds. The van der Waals surface area contributed by atoms with Gasteiger partial charge < -0.3 is 24.2 Å². The molecule has 2 saturated heterocycles. The van der Waals surface area contributed by atoms with Crippen LogP contribution in [0.1, 0.15) is 19.3 Å².